The molecule has 0 aliphatic heterocycles. The van der Waals surface area contributed by atoms with Crippen molar-refractivity contribution in [2.24, 2.45) is 5.92 Å². The van der Waals surface area contributed by atoms with E-state index in [-0.39, 0.29) is 6.42 Å². The van der Waals surface area contributed by atoms with Gasteiger partial charge in [-0.25, -0.2) is 0 Å². The molecule has 0 aromatic heterocycles. The average molecular weight is 411 g/mol. The Bertz CT molecular complexity index is 492. The number of unbranched alkanes of at least 4 members (excludes halogenated alkanes) is 7. The first kappa shape index (κ1) is 26.3. The van der Waals surface area contributed by atoms with Crippen LogP contribution in [0, 0.1) is 5.92 Å². The lowest BCUT2D eigenvalue weighted by atomic mass is 9.89. The van der Waals surface area contributed by atoms with Crippen molar-refractivity contribution in [1.82, 2.24) is 0 Å². The maximum absolute atomic E-state index is 12.0. The fourth-order valence-corrected chi connectivity index (χ4v) is 4.25. The predicted octanol–water partition coefficient (Wildman–Crippen LogP) is 3.08. The Kier molecular flexibility index (Phi) is 13.9. The summed E-state index contributed by atoms with van der Waals surface area (Å²) < 4.78 is 37.7. The Morgan fingerprint density at radius 2 is 1.33 bits per heavy atom. The highest BCUT2D eigenvalue weighted by atomic mass is 32.2. The van der Waals surface area contributed by atoms with Gasteiger partial charge in [0.15, 0.2) is 0 Å². The molecule has 0 aliphatic carbocycles. The van der Waals surface area contributed by atoms with Gasteiger partial charge in [0, 0.05) is 0 Å². The Labute approximate surface area is 164 Å². The van der Waals surface area contributed by atoms with Crippen molar-refractivity contribution in [3.8, 4) is 0 Å². The number of carbonyl (C=O) groups excluding carboxylic acids is 1. The molecule has 0 saturated carbocycles. The second-order valence-corrected chi connectivity index (χ2v) is 8.85. The standard InChI is InChI=1S/C19H38O7S/c1-4-6-8-10-12-14-16(27(23,24)25)18(21)17(20)15(19(22)26-3)13-11-9-7-5-2/h15-18,20-21H,4-14H2,1-3H3,(H,23,24,25). The van der Waals surface area contributed by atoms with Crippen molar-refractivity contribution >= 4 is 16.1 Å². The van der Waals surface area contributed by atoms with E-state index < -0.39 is 39.5 Å². The van der Waals surface area contributed by atoms with E-state index in [1.165, 1.54) is 7.11 Å². The summed E-state index contributed by atoms with van der Waals surface area (Å²) in [6.07, 6.45) is 4.79. The molecular formula is C19H38O7S. The van der Waals surface area contributed by atoms with Gasteiger partial charge in [-0.2, -0.15) is 8.42 Å². The van der Waals surface area contributed by atoms with E-state index in [9.17, 15) is 28.0 Å². The molecule has 0 saturated heterocycles. The van der Waals surface area contributed by atoms with Crippen LogP contribution in [-0.4, -0.2) is 53.7 Å². The minimum Gasteiger partial charge on any atom is -0.469 e. The quantitative estimate of drug-likeness (QED) is 0.203. The van der Waals surface area contributed by atoms with Gasteiger partial charge < -0.3 is 14.9 Å². The van der Waals surface area contributed by atoms with E-state index in [0.717, 1.165) is 44.9 Å². The maximum atomic E-state index is 12.0. The number of aliphatic hydroxyl groups is 2. The fraction of sp³-hybridized carbons (Fsp3) is 0.947. The summed E-state index contributed by atoms with van der Waals surface area (Å²) in [6, 6.07) is 0. The normalized spacial score (nSPS) is 16.5. The molecule has 0 aliphatic rings. The van der Waals surface area contributed by atoms with Gasteiger partial charge in [0.25, 0.3) is 10.1 Å². The third kappa shape index (κ3) is 10.4. The Morgan fingerprint density at radius 1 is 0.852 bits per heavy atom. The zero-order chi connectivity index (χ0) is 20.9. The monoisotopic (exact) mass is 410 g/mol. The number of hydrogen-bond acceptors (Lipinski definition) is 6. The highest BCUT2D eigenvalue weighted by Gasteiger charge is 2.41. The summed E-state index contributed by atoms with van der Waals surface area (Å²) in [5.41, 5.74) is 0. The summed E-state index contributed by atoms with van der Waals surface area (Å²) in [6.45, 7) is 4.11. The number of esters is 1. The van der Waals surface area contributed by atoms with Crippen molar-refractivity contribution in [2.75, 3.05) is 7.11 Å². The van der Waals surface area contributed by atoms with Gasteiger partial charge >= 0.3 is 5.97 Å². The summed E-state index contributed by atoms with van der Waals surface area (Å²) in [7, 11) is -3.37. The molecule has 4 atom stereocenters. The molecule has 4 unspecified atom stereocenters. The van der Waals surface area contributed by atoms with E-state index in [4.69, 9.17) is 4.74 Å². The molecule has 27 heavy (non-hydrogen) atoms. The van der Waals surface area contributed by atoms with Crippen LogP contribution in [0.2, 0.25) is 0 Å². The number of aliphatic hydroxyl groups excluding tert-OH is 2. The lowest BCUT2D eigenvalue weighted by Crippen LogP contribution is -2.47. The molecule has 0 spiro atoms. The number of hydrogen-bond donors (Lipinski definition) is 3. The topological polar surface area (TPSA) is 121 Å². The van der Waals surface area contributed by atoms with Gasteiger partial charge in [-0.15, -0.1) is 0 Å². The number of rotatable bonds is 16. The van der Waals surface area contributed by atoms with Gasteiger partial charge in [0.05, 0.1) is 25.2 Å². The SMILES string of the molecule is CCCCCCCC(C(O)C(O)C(CCCCCC)C(=O)OC)S(=O)(=O)O. The van der Waals surface area contributed by atoms with Gasteiger partial charge in [0.2, 0.25) is 0 Å². The lowest BCUT2D eigenvalue weighted by Gasteiger charge is -2.29. The maximum Gasteiger partial charge on any atom is 0.311 e. The summed E-state index contributed by atoms with van der Waals surface area (Å²) in [5, 5.41) is 19.4. The highest BCUT2D eigenvalue weighted by Crippen LogP contribution is 2.25. The molecule has 7 nitrogen and oxygen atoms in total. The van der Waals surface area contributed by atoms with Gasteiger partial charge in [-0.1, -0.05) is 71.6 Å². The predicted molar refractivity (Wildman–Crippen MR) is 105 cm³/mol. The average Bonchev–Trinajstić information content (AvgIpc) is 2.62. The van der Waals surface area contributed by atoms with Crippen molar-refractivity contribution in [1.29, 1.82) is 0 Å². The zero-order valence-electron chi connectivity index (χ0n) is 17.0. The van der Waals surface area contributed by atoms with Crippen molar-refractivity contribution in [2.45, 2.75) is 102 Å². The molecule has 0 fully saturated rings. The molecule has 0 bridgehead atoms. The molecule has 162 valence electrons. The third-order valence-corrected chi connectivity index (χ3v) is 6.27. The first-order valence-corrected chi connectivity index (χ1v) is 11.6. The summed E-state index contributed by atoms with van der Waals surface area (Å²) in [5.74, 6) is -1.71. The van der Waals surface area contributed by atoms with Gasteiger partial charge in [-0.05, 0) is 12.8 Å². The van der Waals surface area contributed by atoms with E-state index >= 15 is 0 Å². The minimum absolute atomic E-state index is 0.0322. The Balaban J connectivity index is 5.04. The van der Waals surface area contributed by atoms with Crippen molar-refractivity contribution < 1.29 is 32.7 Å². The fourth-order valence-electron chi connectivity index (χ4n) is 3.27. The van der Waals surface area contributed by atoms with Crippen LogP contribution in [0.15, 0.2) is 0 Å². The molecule has 0 rings (SSSR count). The van der Waals surface area contributed by atoms with Crippen LogP contribution in [0.5, 0.6) is 0 Å². The molecule has 0 radical (unpaired) electrons. The van der Waals surface area contributed by atoms with Crippen LogP contribution in [0.3, 0.4) is 0 Å². The van der Waals surface area contributed by atoms with Crippen molar-refractivity contribution in [3.05, 3.63) is 0 Å². The first-order valence-electron chi connectivity index (χ1n) is 10.1. The molecule has 8 heteroatoms. The number of ether oxygens (including phenoxy) is 1. The Morgan fingerprint density at radius 3 is 1.81 bits per heavy atom. The largest absolute Gasteiger partial charge is 0.469 e. The first-order chi connectivity index (χ1) is 12.7. The van der Waals surface area contributed by atoms with Crippen LogP contribution in [0.4, 0.5) is 0 Å². The second kappa shape index (κ2) is 14.3. The zero-order valence-corrected chi connectivity index (χ0v) is 17.8. The van der Waals surface area contributed by atoms with E-state index in [1.54, 1.807) is 0 Å². The second-order valence-electron chi connectivity index (χ2n) is 7.22. The molecule has 0 heterocycles. The van der Waals surface area contributed by atoms with E-state index in [1.807, 2.05) is 6.92 Å². The molecule has 0 aromatic rings. The van der Waals surface area contributed by atoms with Crippen LogP contribution < -0.4 is 0 Å². The molecule has 0 amide bonds. The molecular weight excluding hydrogens is 372 g/mol. The van der Waals surface area contributed by atoms with Crippen LogP contribution >= 0.6 is 0 Å². The van der Waals surface area contributed by atoms with Crippen LogP contribution in [0.25, 0.3) is 0 Å². The van der Waals surface area contributed by atoms with Gasteiger partial charge in [-0.3, -0.25) is 9.35 Å². The number of methoxy groups -OCH3 is 1. The molecule has 3 N–H and O–H groups in total. The van der Waals surface area contributed by atoms with E-state index in [2.05, 4.69) is 6.92 Å². The molecule has 0 aromatic carbocycles. The number of carbonyl (C=O) groups is 1. The highest BCUT2D eigenvalue weighted by molar-refractivity contribution is 7.86. The Hall–Kier alpha value is -0.700. The summed E-state index contributed by atoms with van der Waals surface area (Å²) in [4.78, 5) is 12.0. The lowest BCUT2D eigenvalue weighted by molar-refractivity contribution is -0.153. The van der Waals surface area contributed by atoms with Crippen LogP contribution in [0.1, 0.15) is 84.5 Å². The smallest absolute Gasteiger partial charge is 0.311 e. The van der Waals surface area contributed by atoms with Crippen molar-refractivity contribution in [3.63, 3.8) is 0 Å². The summed E-state index contributed by atoms with van der Waals surface area (Å²) >= 11 is 0. The van der Waals surface area contributed by atoms with E-state index in [0.29, 0.717) is 19.3 Å². The van der Waals surface area contributed by atoms with Gasteiger partial charge in [0.1, 0.15) is 5.25 Å². The third-order valence-electron chi connectivity index (χ3n) is 4.99. The minimum atomic E-state index is -4.56. The van der Waals surface area contributed by atoms with Crippen LogP contribution in [-0.2, 0) is 19.6 Å².